The molecule has 1 aliphatic heterocycles. The van der Waals surface area contributed by atoms with Gasteiger partial charge in [-0.1, -0.05) is 18.1 Å². The van der Waals surface area contributed by atoms with Crippen LogP contribution in [-0.4, -0.2) is 24.7 Å². The SMILES string of the molecule is CC#CC(=O)NC1(Cc2ccc(C(F)(F)F)cc2)CCOC1. The smallest absolute Gasteiger partial charge is 0.379 e. The molecule has 1 N–H and O–H groups in total. The van der Waals surface area contributed by atoms with Crippen molar-refractivity contribution < 1.29 is 22.7 Å². The molecule has 3 nitrogen and oxygen atoms in total. The van der Waals surface area contributed by atoms with Crippen LogP contribution in [-0.2, 0) is 22.1 Å². The predicted octanol–water partition coefficient (Wildman–Crippen LogP) is 2.55. The van der Waals surface area contributed by atoms with Crippen molar-refractivity contribution >= 4 is 5.91 Å². The Balaban J connectivity index is 2.14. The minimum absolute atomic E-state index is 0.325. The van der Waals surface area contributed by atoms with Gasteiger partial charge < -0.3 is 10.1 Å². The van der Waals surface area contributed by atoms with Crippen molar-refractivity contribution in [3.63, 3.8) is 0 Å². The summed E-state index contributed by atoms with van der Waals surface area (Å²) in [6, 6.07) is 4.96. The van der Waals surface area contributed by atoms with E-state index in [2.05, 4.69) is 17.2 Å². The summed E-state index contributed by atoms with van der Waals surface area (Å²) < 4.78 is 43.0. The van der Waals surface area contributed by atoms with Crippen LogP contribution >= 0.6 is 0 Å². The Morgan fingerprint density at radius 3 is 2.55 bits per heavy atom. The van der Waals surface area contributed by atoms with Gasteiger partial charge in [0.25, 0.3) is 5.91 Å². The van der Waals surface area contributed by atoms with Crippen LogP contribution in [0, 0.1) is 11.8 Å². The van der Waals surface area contributed by atoms with Crippen LogP contribution < -0.4 is 5.32 Å². The molecule has 0 bridgehead atoms. The average Bonchev–Trinajstić information content (AvgIpc) is 2.86. The maximum atomic E-state index is 12.6. The zero-order valence-corrected chi connectivity index (χ0v) is 12.1. The number of amides is 1. The van der Waals surface area contributed by atoms with E-state index in [1.165, 1.54) is 12.1 Å². The summed E-state index contributed by atoms with van der Waals surface area (Å²) in [6.07, 6.45) is -3.34. The molecule has 0 aromatic heterocycles. The molecule has 1 heterocycles. The number of nitrogens with one attached hydrogen (secondary N) is 1. The first-order chi connectivity index (χ1) is 10.3. The molecule has 1 fully saturated rings. The molecule has 6 heteroatoms. The van der Waals surface area contributed by atoms with Gasteiger partial charge in [-0.3, -0.25) is 4.79 Å². The number of halogens is 3. The molecular weight excluding hydrogens is 295 g/mol. The highest BCUT2D eigenvalue weighted by atomic mass is 19.4. The van der Waals surface area contributed by atoms with E-state index in [4.69, 9.17) is 4.74 Å². The Bertz CT molecular complexity index is 591. The third-order valence-electron chi connectivity index (χ3n) is 3.54. The van der Waals surface area contributed by atoms with Gasteiger partial charge in [0.2, 0.25) is 0 Å². The van der Waals surface area contributed by atoms with Crippen molar-refractivity contribution in [1.29, 1.82) is 0 Å². The maximum absolute atomic E-state index is 12.6. The van der Waals surface area contributed by atoms with Crippen molar-refractivity contribution in [3.05, 3.63) is 35.4 Å². The van der Waals surface area contributed by atoms with Gasteiger partial charge in [0.1, 0.15) is 0 Å². The summed E-state index contributed by atoms with van der Waals surface area (Å²) in [5.41, 5.74) is -0.585. The van der Waals surface area contributed by atoms with E-state index in [1.54, 1.807) is 6.92 Å². The highest BCUT2D eigenvalue weighted by molar-refractivity contribution is 5.94. The van der Waals surface area contributed by atoms with Crippen molar-refractivity contribution in [2.45, 2.75) is 31.5 Å². The quantitative estimate of drug-likeness (QED) is 0.871. The molecule has 1 atom stereocenters. The average molecular weight is 311 g/mol. The fourth-order valence-corrected chi connectivity index (χ4v) is 2.48. The molecule has 1 aromatic carbocycles. The number of ether oxygens (including phenoxy) is 1. The number of carbonyl (C=O) groups excluding carboxylic acids is 1. The maximum Gasteiger partial charge on any atom is 0.416 e. The molecule has 0 aliphatic carbocycles. The van der Waals surface area contributed by atoms with Crippen LogP contribution in [0.2, 0.25) is 0 Å². The Morgan fingerprint density at radius 1 is 1.36 bits per heavy atom. The molecular formula is C16H16F3NO2. The van der Waals surface area contributed by atoms with Crippen LogP contribution in [0.25, 0.3) is 0 Å². The number of benzene rings is 1. The third kappa shape index (κ3) is 4.01. The second-order valence-corrected chi connectivity index (χ2v) is 5.28. The molecule has 1 saturated heterocycles. The standard InChI is InChI=1S/C16H16F3NO2/c1-2-3-14(21)20-15(8-9-22-11-15)10-12-4-6-13(7-5-12)16(17,18)19/h4-7H,8-11H2,1H3,(H,20,21). The summed E-state index contributed by atoms with van der Waals surface area (Å²) in [5, 5.41) is 2.83. The second kappa shape index (κ2) is 6.41. The van der Waals surface area contributed by atoms with E-state index >= 15 is 0 Å². The fraction of sp³-hybridized carbons (Fsp3) is 0.438. The lowest BCUT2D eigenvalue weighted by atomic mass is 9.89. The predicted molar refractivity (Wildman–Crippen MR) is 74.9 cm³/mol. The number of hydrogen-bond donors (Lipinski definition) is 1. The first-order valence-corrected chi connectivity index (χ1v) is 6.83. The topological polar surface area (TPSA) is 38.3 Å². The normalized spacial score (nSPS) is 21.1. The first kappa shape index (κ1) is 16.4. The second-order valence-electron chi connectivity index (χ2n) is 5.28. The summed E-state index contributed by atoms with van der Waals surface area (Å²) >= 11 is 0. The van der Waals surface area contributed by atoms with Gasteiger partial charge in [0.05, 0.1) is 17.7 Å². The van der Waals surface area contributed by atoms with E-state index in [-0.39, 0.29) is 0 Å². The Kier molecular flexibility index (Phi) is 4.77. The van der Waals surface area contributed by atoms with Crippen LogP contribution in [0.5, 0.6) is 0 Å². The largest absolute Gasteiger partial charge is 0.416 e. The number of carbonyl (C=O) groups is 1. The molecule has 0 saturated carbocycles. The van der Waals surface area contributed by atoms with Gasteiger partial charge in [0, 0.05) is 6.61 Å². The van der Waals surface area contributed by atoms with Gasteiger partial charge in [-0.2, -0.15) is 13.2 Å². The number of hydrogen-bond acceptors (Lipinski definition) is 2. The van der Waals surface area contributed by atoms with Crippen molar-refractivity contribution in [3.8, 4) is 11.8 Å². The third-order valence-corrected chi connectivity index (χ3v) is 3.54. The molecule has 1 aromatic rings. The van der Waals surface area contributed by atoms with Crippen LogP contribution in [0.1, 0.15) is 24.5 Å². The monoisotopic (exact) mass is 311 g/mol. The molecule has 0 radical (unpaired) electrons. The van der Waals surface area contributed by atoms with Gasteiger partial charge >= 0.3 is 6.18 Å². The van der Waals surface area contributed by atoms with Gasteiger partial charge in [-0.25, -0.2) is 0 Å². The molecule has 1 amide bonds. The molecule has 22 heavy (non-hydrogen) atoms. The summed E-state index contributed by atoms with van der Waals surface area (Å²) in [6.45, 7) is 2.39. The number of rotatable bonds is 3. The Morgan fingerprint density at radius 2 is 2.05 bits per heavy atom. The van der Waals surface area contributed by atoms with Gasteiger partial charge in [-0.15, -0.1) is 0 Å². The minimum Gasteiger partial charge on any atom is -0.379 e. The van der Waals surface area contributed by atoms with E-state index < -0.39 is 23.2 Å². The lowest BCUT2D eigenvalue weighted by Crippen LogP contribution is -2.50. The summed E-state index contributed by atoms with van der Waals surface area (Å²) in [7, 11) is 0. The van der Waals surface area contributed by atoms with Gasteiger partial charge in [0.15, 0.2) is 0 Å². The lowest BCUT2D eigenvalue weighted by Gasteiger charge is -2.28. The zero-order chi connectivity index (χ0) is 16.2. The van der Waals surface area contributed by atoms with E-state index in [0.29, 0.717) is 31.6 Å². The summed E-state index contributed by atoms with van der Waals surface area (Å²) in [4.78, 5) is 11.7. The Labute approximate surface area is 126 Å². The fourth-order valence-electron chi connectivity index (χ4n) is 2.48. The van der Waals surface area contributed by atoms with Crippen molar-refractivity contribution in [2.24, 2.45) is 0 Å². The number of alkyl halides is 3. The van der Waals surface area contributed by atoms with E-state index in [1.807, 2.05) is 0 Å². The molecule has 118 valence electrons. The zero-order valence-electron chi connectivity index (χ0n) is 12.1. The minimum atomic E-state index is -4.35. The summed E-state index contributed by atoms with van der Waals surface area (Å²) in [5.74, 6) is 4.52. The van der Waals surface area contributed by atoms with Crippen LogP contribution in [0.3, 0.4) is 0 Å². The molecule has 1 aliphatic rings. The highest BCUT2D eigenvalue weighted by Crippen LogP contribution is 2.30. The van der Waals surface area contributed by atoms with Crippen LogP contribution in [0.4, 0.5) is 13.2 Å². The molecule has 0 spiro atoms. The van der Waals surface area contributed by atoms with Crippen molar-refractivity contribution in [1.82, 2.24) is 5.32 Å². The van der Waals surface area contributed by atoms with E-state index in [9.17, 15) is 18.0 Å². The Hall–Kier alpha value is -2.00. The first-order valence-electron chi connectivity index (χ1n) is 6.83. The molecule has 2 rings (SSSR count). The van der Waals surface area contributed by atoms with Crippen LogP contribution in [0.15, 0.2) is 24.3 Å². The van der Waals surface area contributed by atoms with Gasteiger partial charge in [-0.05, 0) is 43.4 Å². The molecule has 1 unspecified atom stereocenters. The lowest BCUT2D eigenvalue weighted by molar-refractivity contribution is -0.137. The van der Waals surface area contributed by atoms with Crippen molar-refractivity contribution in [2.75, 3.05) is 13.2 Å². The van der Waals surface area contributed by atoms with E-state index in [0.717, 1.165) is 12.1 Å². The highest BCUT2D eigenvalue weighted by Gasteiger charge is 2.36.